The average molecular weight is 433 g/mol. The van der Waals surface area contributed by atoms with Gasteiger partial charge in [0, 0.05) is 17.9 Å². The van der Waals surface area contributed by atoms with Crippen molar-refractivity contribution in [2.45, 2.75) is 19.9 Å². The maximum atomic E-state index is 12.6. The van der Waals surface area contributed by atoms with Gasteiger partial charge in [0.1, 0.15) is 0 Å². The second-order valence-corrected chi connectivity index (χ2v) is 7.99. The lowest BCUT2D eigenvalue weighted by Crippen LogP contribution is -2.29. The summed E-state index contributed by atoms with van der Waals surface area (Å²) in [5.41, 5.74) is 2.60. The number of aromatic hydroxyl groups is 1. The van der Waals surface area contributed by atoms with Gasteiger partial charge in [0.25, 0.3) is 11.5 Å². The van der Waals surface area contributed by atoms with Crippen LogP contribution in [0.3, 0.4) is 0 Å². The number of nitrogens with zero attached hydrogens (tertiary/aromatic N) is 3. The molecule has 0 aliphatic rings. The number of rotatable bonds is 6. The smallest absolute Gasteiger partial charge is 0.275 e. The standard InChI is InChI=1S/C23H20N4O3S/c1-15-6-5-9-18(10-15)27-21(29)12-19(28)22(26-27)23(30)24-13-17-14-31-20(25-17)11-16-7-3-2-4-8-16/h2-10,12,14,28H,11,13H2,1H3,(H,24,30). The summed E-state index contributed by atoms with van der Waals surface area (Å²) < 4.78 is 1.10. The number of carbonyl (C=O) groups excluding carboxylic acids is 1. The van der Waals surface area contributed by atoms with Gasteiger partial charge in [0.15, 0.2) is 11.4 Å². The number of aryl methyl sites for hydroxylation is 1. The summed E-state index contributed by atoms with van der Waals surface area (Å²) in [5, 5.41) is 19.7. The molecule has 0 aliphatic heterocycles. The van der Waals surface area contributed by atoms with Crippen LogP contribution in [0.5, 0.6) is 5.75 Å². The molecule has 0 saturated carbocycles. The first-order chi connectivity index (χ1) is 15.0. The molecule has 4 aromatic rings. The first kappa shape index (κ1) is 20.5. The minimum atomic E-state index is -0.587. The molecular weight excluding hydrogens is 412 g/mol. The fourth-order valence-electron chi connectivity index (χ4n) is 3.09. The van der Waals surface area contributed by atoms with E-state index in [1.165, 1.54) is 16.9 Å². The molecule has 4 rings (SSSR count). The van der Waals surface area contributed by atoms with Crippen molar-refractivity contribution < 1.29 is 9.90 Å². The summed E-state index contributed by atoms with van der Waals surface area (Å²) in [5.74, 6) is -1.05. The molecule has 0 radical (unpaired) electrons. The third-order valence-corrected chi connectivity index (χ3v) is 5.50. The lowest BCUT2D eigenvalue weighted by atomic mass is 10.2. The van der Waals surface area contributed by atoms with Gasteiger partial charge in [-0.25, -0.2) is 4.98 Å². The number of amides is 1. The number of carbonyl (C=O) groups is 1. The molecule has 0 fully saturated rings. The van der Waals surface area contributed by atoms with E-state index in [9.17, 15) is 14.7 Å². The van der Waals surface area contributed by atoms with Crippen LogP contribution in [0.1, 0.15) is 32.3 Å². The van der Waals surface area contributed by atoms with E-state index in [1.54, 1.807) is 18.2 Å². The van der Waals surface area contributed by atoms with Gasteiger partial charge in [0.2, 0.25) is 0 Å². The zero-order valence-corrected chi connectivity index (χ0v) is 17.6. The van der Waals surface area contributed by atoms with Crippen LogP contribution in [0.15, 0.2) is 70.8 Å². The Kier molecular flexibility index (Phi) is 5.90. The molecule has 0 spiro atoms. The van der Waals surface area contributed by atoms with E-state index in [1.807, 2.05) is 48.7 Å². The third-order valence-electron chi connectivity index (χ3n) is 4.60. The highest BCUT2D eigenvalue weighted by molar-refractivity contribution is 7.09. The molecule has 0 aliphatic carbocycles. The first-order valence-electron chi connectivity index (χ1n) is 9.65. The van der Waals surface area contributed by atoms with Crippen LogP contribution in [-0.2, 0) is 13.0 Å². The van der Waals surface area contributed by atoms with E-state index < -0.39 is 17.2 Å². The van der Waals surface area contributed by atoms with Crippen molar-refractivity contribution in [1.29, 1.82) is 0 Å². The summed E-state index contributed by atoms with van der Waals surface area (Å²) in [4.78, 5) is 29.4. The topological polar surface area (TPSA) is 97.1 Å². The second-order valence-electron chi connectivity index (χ2n) is 7.04. The molecule has 2 aromatic heterocycles. The van der Waals surface area contributed by atoms with Crippen molar-refractivity contribution in [2.24, 2.45) is 0 Å². The quantitative estimate of drug-likeness (QED) is 0.488. The highest BCUT2D eigenvalue weighted by atomic mass is 32.1. The second kappa shape index (κ2) is 8.93. The van der Waals surface area contributed by atoms with Crippen molar-refractivity contribution in [3.8, 4) is 11.4 Å². The zero-order chi connectivity index (χ0) is 21.8. The van der Waals surface area contributed by atoms with Gasteiger partial charge in [-0.2, -0.15) is 9.78 Å². The van der Waals surface area contributed by atoms with Crippen LogP contribution in [-0.4, -0.2) is 25.8 Å². The van der Waals surface area contributed by atoms with E-state index in [4.69, 9.17) is 0 Å². The molecule has 1 amide bonds. The van der Waals surface area contributed by atoms with Crippen molar-refractivity contribution in [3.63, 3.8) is 0 Å². The normalized spacial score (nSPS) is 10.7. The van der Waals surface area contributed by atoms with Gasteiger partial charge < -0.3 is 10.4 Å². The number of hydrogen-bond donors (Lipinski definition) is 2. The van der Waals surface area contributed by atoms with Gasteiger partial charge in [0.05, 0.1) is 22.9 Å². The van der Waals surface area contributed by atoms with Crippen LogP contribution in [0.2, 0.25) is 0 Å². The van der Waals surface area contributed by atoms with E-state index >= 15 is 0 Å². The molecule has 0 bridgehead atoms. The maximum absolute atomic E-state index is 12.6. The fourth-order valence-corrected chi connectivity index (χ4v) is 3.92. The first-order valence-corrected chi connectivity index (χ1v) is 10.5. The van der Waals surface area contributed by atoms with Gasteiger partial charge in [-0.1, -0.05) is 42.5 Å². The Morgan fingerprint density at radius 1 is 1.13 bits per heavy atom. The number of aromatic nitrogens is 3. The fraction of sp³-hybridized carbons (Fsp3) is 0.130. The van der Waals surface area contributed by atoms with Crippen molar-refractivity contribution in [1.82, 2.24) is 20.1 Å². The minimum Gasteiger partial charge on any atom is -0.505 e. The van der Waals surface area contributed by atoms with Crippen molar-refractivity contribution in [3.05, 3.63) is 104 Å². The summed E-state index contributed by atoms with van der Waals surface area (Å²) >= 11 is 1.53. The Morgan fingerprint density at radius 2 is 1.94 bits per heavy atom. The molecule has 2 N–H and O–H groups in total. The zero-order valence-electron chi connectivity index (χ0n) is 16.8. The van der Waals surface area contributed by atoms with Crippen LogP contribution in [0.25, 0.3) is 5.69 Å². The Hall–Kier alpha value is -3.78. The number of benzene rings is 2. The van der Waals surface area contributed by atoms with E-state index in [2.05, 4.69) is 15.4 Å². The Morgan fingerprint density at radius 3 is 2.71 bits per heavy atom. The van der Waals surface area contributed by atoms with E-state index in [0.717, 1.165) is 33.4 Å². The maximum Gasteiger partial charge on any atom is 0.275 e. The minimum absolute atomic E-state index is 0.189. The van der Waals surface area contributed by atoms with Gasteiger partial charge in [-0.15, -0.1) is 11.3 Å². The molecule has 2 aromatic carbocycles. The Balaban J connectivity index is 1.48. The summed E-state index contributed by atoms with van der Waals surface area (Å²) in [6.45, 7) is 2.08. The monoisotopic (exact) mass is 432 g/mol. The highest BCUT2D eigenvalue weighted by Gasteiger charge is 2.17. The lowest BCUT2D eigenvalue weighted by molar-refractivity contribution is 0.0940. The lowest BCUT2D eigenvalue weighted by Gasteiger charge is -2.09. The SMILES string of the molecule is Cc1cccc(-n2nc(C(=O)NCc3csc(Cc4ccccc4)n3)c(O)cc2=O)c1. The van der Waals surface area contributed by atoms with Crippen LogP contribution < -0.4 is 10.9 Å². The Bertz CT molecular complexity index is 1280. The van der Waals surface area contributed by atoms with Crippen molar-refractivity contribution >= 4 is 17.2 Å². The van der Waals surface area contributed by atoms with Gasteiger partial charge in [-0.05, 0) is 30.2 Å². The van der Waals surface area contributed by atoms with E-state index in [0.29, 0.717) is 5.69 Å². The number of nitrogens with one attached hydrogen (secondary N) is 1. The van der Waals surface area contributed by atoms with E-state index in [-0.39, 0.29) is 12.2 Å². The molecule has 0 atom stereocenters. The third kappa shape index (κ3) is 4.87. The van der Waals surface area contributed by atoms with Crippen LogP contribution >= 0.6 is 11.3 Å². The molecule has 0 saturated heterocycles. The Labute approximate surface area is 182 Å². The molecule has 8 heteroatoms. The summed E-state index contributed by atoms with van der Waals surface area (Å²) in [7, 11) is 0. The average Bonchev–Trinajstić information content (AvgIpc) is 3.20. The molecule has 0 unspecified atom stereocenters. The molecular formula is C23H20N4O3S. The molecule has 156 valence electrons. The van der Waals surface area contributed by atoms with Crippen molar-refractivity contribution in [2.75, 3.05) is 0 Å². The highest BCUT2D eigenvalue weighted by Crippen LogP contribution is 2.16. The summed E-state index contributed by atoms with van der Waals surface area (Å²) in [6.07, 6.45) is 0.725. The molecule has 7 nitrogen and oxygen atoms in total. The predicted octanol–water partition coefficient (Wildman–Crippen LogP) is 3.22. The van der Waals surface area contributed by atoms with Crippen LogP contribution in [0.4, 0.5) is 0 Å². The van der Waals surface area contributed by atoms with Gasteiger partial charge in [-0.3, -0.25) is 9.59 Å². The molecule has 31 heavy (non-hydrogen) atoms. The number of hydrogen-bond acceptors (Lipinski definition) is 6. The molecule has 2 heterocycles. The van der Waals surface area contributed by atoms with Gasteiger partial charge >= 0.3 is 0 Å². The number of thiazole rings is 1. The summed E-state index contributed by atoms with van der Waals surface area (Å²) in [6, 6.07) is 18.2. The largest absolute Gasteiger partial charge is 0.505 e. The predicted molar refractivity (Wildman–Crippen MR) is 119 cm³/mol. The van der Waals surface area contributed by atoms with Crippen LogP contribution in [0, 0.1) is 6.92 Å².